The minimum atomic E-state index is 0.596. The van der Waals surface area contributed by atoms with E-state index in [0.29, 0.717) is 5.88 Å². The zero-order chi connectivity index (χ0) is 14.5. The molecular weight excluding hydrogens is 332 g/mol. The van der Waals surface area contributed by atoms with E-state index < -0.39 is 0 Å². The fourth-order valence-corrected chi connectivity index (χ4v) is 2.46. The van der Waals surface area contributed by atoms with Gasteiger partial charge in [-0.25, -0.2) is 4.98 Å². The predicted octanol–water partition coefficient (Wildman–Crippen LogP) is 3.47. The third-order valence-corrected chi connectivity index (χ3v) is 3.82. The van der Waals surface area contributed by atoms with Crippen LogP contribution in [0.5, 0.6) is 11.6 Å². The summed E-state index contributed by atoms with van der Waals surface area (Å²) in [6.07, 6.45) is 1.72. The lowest BCUT2D eigenvalue weighted by atomic mass is 10.2. The Morgan fingerprint density at radius 2 is 1.86 bits per heavy atom. The highest BCUT2D eigenvalue weighted by Crippen LogP contribution is 2.21. The Labute approximate surface area is 132 Å². The standard InChI is InChI=1S/C16H17BrN2O2/c17-14-3-6-16(18-11-14)21-15-4-1-13(2-5-15)12-19-7-9-20-10-8-19/h1-6,11H,7-10,12H2. The monoisotopic (exact) mass is 348 g/mol. The van der Waals surface area contributed by atoms with Crippen molar-refractivity contribution < 1.29 is 9.47 Å². The topological polar surface area (TPSA) is 34.6 Å². The number of halogens is 1. The second kappa shape index (κ2) is 7.02. The van der Waals surface area contributed by atoms with E-state index in [4.69, 9.17) is 9.47 Å². The van der Waals surface area contributed by atoms with Gasteiger partial charge in [-0.05, 0) is 39.7 Å². The maximum absolute atomic E-state index is 5.71. The first-order chi connectivity index (χ1) is 10.3. The molecule has 5 heteroatoms. The Kier molecular flexibility index (Phi) is 4.85. The lowest BCUT2D eigenvalue weighted by molar-refractivity contribution is 0.0342. The van der Waals surface area contributed by atoms with Crippen LogP contribution >= 0.6 is 15.9 Å². The van der Waals surface area contributed by atoms with Gasteiger partial charge in [-0.1, -0.05) is 12.1 Å². The second-order valence-corrected chi connectivity index (χ2v) is 5.86. The van der Waals surface area contributed by atoms with Crippen LogP contribution in [0.3, 0.4) is 0 Å². The van der Waals surface area contributed by atoms with Gasteiger partial charge < -0.3 is 9.47 Å². The molecule has 4 nitrogen and oxygen atoms in total. The molecule has 21 heavy (non-hydrogen) atoms. The highest BCUT2D eigenvalue weighted by molar-refractivity contribution is 9.10. The summed E-state index contributed by atoms with van der Waals surface area (Å²) in [5.74, 6) is 1.40. The third kappa shape index (κ3) is 4.27. The van der Waals surface area contributed by atoms with Gasteiger partial charge in [0.05, 0.1) is 13.2 Å². The summed E-state index contributed by atoms with van der Waals surface area (Å²) in [4.78, 5) is 6.60. The third-order valence-electron chi connectivity index (χ3n) is 3.36. The zero-order valence-corrected chi connectivity index (χ0v) is 13.3. The normalized spacial score (nSPS) is 15.9. The Balaban J connectivity index is 1.59. The van der Waals surface area contributed by atoms with Crippen LogP contribution in [0.25, 0.3) is 0 Å². The first-order valence-electron chi connectivity index (χ1n) is 6.98. The van der Waals surface area contributed by atoms with Crippen molar-refractivity contribution in [1.29, 1.82) is 0 Å². The first kappa shape index (κ1) is 14.5. The number of hydrogen-bond donors (Lipinski definition) is 0. The Morgan fingerprint density at radius 3 is 2.52 bits per heavy atom. The van der Waals surface area contributed by atoms with Crippen LogP contribution in [-0.4, -0.2) is 36.2 Å². The van der Waals surface area contributed by atoms with Gasteiger partial charge in [0.2, 0.25) is 5.88 Å². The number of hydrogen-bond acceptors (Lipinski definition) is 4. The molecule has 0 radical (unpaired) electrons. The molecule has 0 saturated carbocycles. The second-order valence-electron chi connectivity index (χ2n) is 4.95. The zero-order valence-electron chi connectivity index (χ0n) is 11.7. The molecule has 0 N–H and O–H groups in total. The van der Waals surface area contributed by atoms with Crippen molar-refractivity contribution in [1.82, 2.24) is 9.88 Å². The van der Waals surface area contributed by atoms with Gasteiger partial charge in [-0.3, -0.25) is 4.90 Å². The Hall–Kier alpha value is -1.43. The molecule has 3 rings (SSSR count). The van der Waals surface area contributed by atoms with E-state index in [1.807, 2.05) is 24.3 Å². The van der Waals surface area contributed by atoms with Crippen molar-refractivity contribution in [3.05, 3.63) is 52.6 Å². The summed E-state index contributed by atoms with van der Waals surface area (Å²) in [5.41, 5.74) is 1.29. The lowest BCUT2D eigenvalue weighted by Gasteiger charge is -2.26. The molecule has 1 aromatic carbocycles. The maximum Gasteiger partial charge on any atom is 0.219 e. The molecular formula is C16H17BrN2O2. The summed E-state index contributed by atoms with van der Waals surface area (Å²) in [6, 6.07) is 11.9. The van der Waals surface area contributed by atoms with Crippen LogP contribution in [-0.2, 0) is 11.3 Å². The minimum absolute atomic E-state index is 0.596. The van der Waals surface area contributed by atoms with Crippen LogP contribution in [0.2, 0.25) is 0 Å². The largest absolute Gasteiger partial charge is 0.439 e. The number of benzene rings is 1. The van der Waals surface area contributed by atoms with Crippen LogP contribution in [0.15, 0.2) is 47.1 Å². The highest BCUT2D eigenvalue weighted by atomic mass is 79.9. The SMILES string of the molecule is Brc1ccc(Oc2ccc(CN3CCOCC3)cc2)nc1. The smallest absolute Gasteiger partial charge is 0.219 e. The van der Waals surface area contributed by atoms with Gasteiger partial charge in [0.25, 0.3) is 0 Å². The van der Waals surface area contributed by atoms with Crippen molar-refractivity contribution in [2.45, 2.75) is 6.54 Å². The van der Waals surface area contributed by atoms with Gasteiger partial charge in [0.15, 0.2) is 0 Å². The van der Waals surface area contributed by atoms with E-state index in [9.17, 15) is 0 Å². The van der Waals surface area contributed by atoms with Crippen molar-refractivity contribution >= 4 is 15.9 Å². The number of pyridine rings is 1. The van der Waals surface area contributed by atoms with E-state index in [1.54, 1.807) is 6.20 Å². The van der Waals surface area contributed by atoms with Crippen LogP contribution in [0, 0.1) is 0 Å². The molecule has 0 aliphatic carbocycles. The van der Waals surface area contributed by atoms with Crippen molar-refractivity contribution in [3.8, 4) is 11.6 Å². The Morgan fingerprint density at radius 1 is 1.10 bits per heavy atom. The fraction of sp³-hybridized carbons (Fsp3) is 0.312. The molecule has 0 amide bonds. The molecule has 2 aromatic rings. The Bertz CT molecular complexity index is 566. The average Bonchev–Trinajstić information content (AvgIpc) is 2.53. The quantitative estimate of drug-likeness (QED) is 0.847. The number of nitrogens with zero attached hydrogens (tertiary/aromatic N) is 2. The van der Waals surface area contributed by atoms with Crippen molar-refractivity contribution in [2.24, 2.45) is 0 Å². The lowest BCUT2D eigenvalue weighted by Crippen LogP contribution is -2.35. The summed E-state index contributed by atoms with van der Waals surface area (Å²) in [6.45, 7) is 4.62. The van der Waals surface area contributed by atoms with E-state index >= 15 is 0 Å². The maximum atomic E-state index is 5.71. The average molecular weight is 349 g/mol. The molecule has 0 spiro atoms. The van der Waals surface area contributed by atoms with Gasteiger partial charge >= 0.3 is 0 Å². The molecule has 1 aliphatic rings. The van der Waals surface area contributed by atoms with Crippen molar-refractivity contribution in [2.75, 3.05) is 26.3 Å². The summed E-state index contributed by atoms with van der Waals surface area (Å²) >= 11 is 3.36. The fourth-order valence-electron chi connectivity index (χ4n) is 2.22. The highest BCUT2D eigenvalue weighted by Gasteiger charge is 2.10. The van der Waals surface area contributed by atoms with Crippen LogP contribution in [0.4, 0.5) is 0 Å². The molecule has 1 saturated heterocycles. The molecule has 1 aliphatic heterocycles. The van der Waals surface area contributed by atoms with E-state index in [2.05, 4.69) is 37.9 Å². The number of aromatic nitrogens is 1. The van der Waals surface area contributed by atoms with E-state index in [1.165, 1.54) is 5.56 Å². The summed E-state index contributed by atoms with van der Waals surface area (Å²) in [7, 11) is 0. The molecule has 1 fully saturated rings. The van der Waals surface area contributed by atoms with E-state index in [0.717, 1.165) is 43.1 Å². The number of ether oxygens (including phenoxy) is 2. The number of morpholine rings is 1. The summed E-state index contributed by atoms with van der Waals surface area (Å²) in [5, 5.41) is 0. The summed E-state index contributed by atoms with van der Waals surface area (Å²) < 4.78 is 12.0. The molecule has 1 aromatic heterocycles. The van der Waals surface area contributed by atoms with Gasteiger partial charge in [-0.2, -0.15) is 0 Å². The van der Waals surface area contributed by atoms with Crippen LogP contribution < -0.4 is 4.74 Å². The number of rotatable bonds is 4. The van der Waals surface area contributed by atoms with Crippen molar-refractivity contribution in [3.63, 3.8) is 0 Å². The molecule has 110 valence electrons. The van der Waals surface area contributed by atoms with Gasteiger partial charge in [-0.15, -0.1) is 0 Å². The molecule has 2 heterocycles. The predicted molar refractivity (Wildman–Crippen MR) is 84.5 cm³/mol. The van der Waals surface area contributed by atoms with Gasteiger partial charge in [0, 0.05) is 36.4 Å². The first-order valence-corrected chi connectivity index (χ1v) is 7.77. The molecule has 0 atom stereocenters. The minimum Gasteiger partial charge on any atom is -0.439 e. The van der Waals surface area contributed by atoms with Gasteiger partial charge in [0.1, 0.15) is 5.75 Å². The molecule has 0 bridgehead atoms. The molecule has 0 unspecified atom stereocenters. The van der Waals surface area contributed by atoms with Crippen LogP contribution in [0.1, 0.15) is 5.56 Å². The van der Waals surface area contributed by atoms with E-state index in [-0.39, 0.29) is 0 Å².